The van der Waals surface area contributed by atoms with Crippen LogP contribution < -0.4 is 14.4 Å². The molecule has 0 saturated heterocycles. The molecule has 1 amide bonds. The van der Waals surface area contributed by atoms with Crippen molar-refractivity contribution in [2.75, 3.05) is 23.3 Å². The summed E-state index contributed by atoms with van der Waals surface area (Å²) in [5.74, 6) is 0.710. The maximum absolute atomic E-state index is 13.2. The summed E-state index contributed by atoms with van der Waals surface area (Å²) >= 11 is 0. The molecular formula is C26H28N2O4S. The molecule has 172 valence electrons. The third kappa shape index (κ3) is 5.20. The SMILES string of the molecule is COc1ccc(CCC(=O)Nc2ccc3c(c2)CCCN3S(=O)(=O)c2ccc(C)cc2)cc1. The van der Waals surface area contributed by atoms with E-state index >= 15 is 0 Å². The van der Waals surface area contributed by atoms with Crippen LogP contribution in [-0.4, -0.2) is 28.0 Å². The summed E-state index contributed by atoms with van der Waals surface area (Å²) < 4.78 is 33.1. The second-order valence-electron chi connectivity index (χ2n) is 8.23. The lowest BCUT2D eigenvalue weighted by molar-refractivity contribution is -0.116. The molecule has 0 unspecified atom stereocenters. The van der Waals surface area contributed by atoms with Gasteiger partial charge >= 0.3 is 0 Å². The number of anilines is 2. The van der Waals surface area contributed by atoms with Gasteiger partial charge in [0.1, 0.15) is 5.75 Å². The van der Waals surface area contributed by atoms with Crippen LogP contribution in [0.4, 0.5) is 11.4 Å². The zero-order chi connectivity index (χ0) is 23.4. The summed E-state index contributed by atoms with van der Waals surface area (Å²) in [6, 6.07) is 20.0. The van der Waals surface area contributed by atoms with Gasteiger partial charge in [-0.2, -0.15) is 0 Å². The minimum Gasteiger partial charge on any atom is -0.497 e. The van der Waals surface area contributed by atoms with Crippen molar-refractivity contribution in [3.63, 3.8) is 0 Å². The molecule has 1 N–H and O–H groups in total. The smallest absolute Gasteiger partial charge is 0.264 e. The summed E-state index contributed by atoms with van der Waals surface area (Å²) in [5.41, 5.74) is 4.36. The van der Waals surface area contributed by atoms with Gasteiger partial charge < -0.3 is 10.1 Å². The highest BCUT2D eigenvalue weighted by atomic mass is 32.2. The van der Waals surface area contributed by atoms with E-state index in [0.717, 1.165) is 35.3 Å². The molecule has 0 aromatic heterocycles. The summed E-state index contributed by atoms with van der Waals surface area (Å²) in [5, 5.41) is 2.94. The lowest BCUT2D eigenvalue weighted by atomic mass is 10.0. The Morgan fingerprint density at radius 1 is 1.03 bits per heavy atom. The molecule has 0 aliphatic carbocycles. The lowest BCUT2D eigenvalue weighted by Crippen LogP contribution is -2.35. The highest BCUT2D eigenvalue weighted by molar-refractivity contribution is 7.92. The molecule has 0 fully saturated rings. The Morgan fingerprint density at radius 2 is 1.76 bits per heavy atom. The van der Waals surface area contributed by atoms with Gasteiger partial charge in [-0.05, 0) is 79.8 Å². The Labute approximate surface area is 195 Å². The van der Waals surface area contributed by atoms with E-state index in [1.165, 1.54) is 4.31 Å². The van der Waals surface area contributed by atoms with Crippen molar-refractivity contribution in [2.24, 2.45) is 0 Å². The molecule has 33 heavy (non-hydrogen) atoms. The maximum atomic E-state index is 13.2. The standard InChI is InChI=1S/C26H28N2O4S/c1-19-5-13-24(14-6-19)33(30,31)28-17-3-4-21-18-22(10-15-25(21)28)27-26(29)16-9-20-7-11-23(32-2)12-8-20/h5-8,10-15,18H,3-4,9,16-17H2,1-2H3,(H,27,29). The number of methoxy groups -OCH3 is 1. The number of fused-ring (bicyclic) bond motifs is 1. The molecule has 0 bridgehead atoms. The van der Waals surface area contributed by atoms with Gasteiger partial charge in [-0.15, -0.1) is 0 Å². The van der Waals surface area contributed by atoms with Crippen molar-refractivity contribution in [3.05, 3.63) is 83.4 Å². The van der Waals surface area contributed by atoms with Gasteiger partial charge in [0.05, 0.1) is 17.7 Å². The van der Waals surface area contributed by atoms with E-state index < -0.39 is 10.0 Å². The highest BCUT2D eigenvalue weighted by Gasteiger charge is 2.29. The lowest BCUT2D eigenvalue weighted by Gasteiger charge is -2.31. The number of nitrogens with one attached hydrogen (secondary N) is 1. The number of carbonyl (C=O) groups is 1. The molecule has 3 aromatic carbocycles. The number of aryl methyl sites for hydroxylation is 3. The van der Waals surface area contributed by atoms with Crippen LogP contribution in [0.3, 0.4) is 0 Å². The predicted molar refractivity (Wildman–Crippen MR) is 130 cm³/mol. The number of benzene rings is 3. The molecule has 0 spiro atoms. The average Bonchev–Trinajstić information content (AvgIpc) is 2.83. The molecule has 3 aromatic rings. The van der Waals surface area contributed by atoms with Crippen molar-refractivity contribution in [3.8, 4) is 5.75 Å². The Morgan fingerprint density at radius 3 is 2.45 bits per heavy atom. The molecule has 0 radical (unpaired) electrons. The second kappa shape index (κ2) is 9.67. The van der Waals surface area contributed by atoms with Crippen LogP contribution in [-0.2, 0) is 27.7 Å². The summed E-state index contributed by atoms with van der Waals surface area (Å²) in [6.45, 7) is 2.37. The van der Waals surface area contributed by atoms with Crippen molar-refractivity contribution in [1.29, 1.82) is 0 Å². The Balaban J connectivity index is 1.45. The van der Waals surface area contributed by atoms with Crippen molar-refractivity contribution < 1.29 is 17.9 Å². The van der Waals surface area contributed by atoms with E-state index in [-0.39, 0.29) is 10.8 Å². The van der Waals surface area contributed by atoms with E-state index in [0.29, 0.717) is 30.8 Å². The molecule has 0 atom stereocenters. The fourth-order valence-corrected chi connectivity index (χ4v) is 5.54. The minimum atomic E-state index is -3.64. The van der Waals surface area contributed by atoms with Crippen LogP contribution in [0.2, 0.25) is 0 Å². The number of hydrogen-bond acceptors (Lipinski definition) is 4. The fourth-order valence-electron chi connectivity index (χ4n) is 4.00. The van der Waals surface area contributed by atoms with E-state index in [4.69, 9.17) is 4.74 Å². The van der Waals surface area contributed by atoms with Gasteiger partial charge in [0.15, 0.2) is 0 Å². The third-order valence-corrected chi connectivity index (χ3v) is 7.68. The molecule has 7 heteroatoms. The number of amides is 1. The number of ether oxygens (including phenoxy) is 1. The molecule has 6 nitrogen and oxygen atoms in total. The van der Waals surface area contributed by atoms with E-state index in [2.05, 4.69) is 5.32 Å². The van der Waals surface area contributed by atoms with Gasteiger partial charge in [-0.25, -0.2) is 8.42 Å². The molecule has 1 aliphatic rings. The monoisotopic (exact) mass is 464 g/mol. The van der Waals surface area contributed by atoms with Crippen LogP contribution >= 0.6 is 0 Å². The van der Waals surface area contributed by atoms with Gasteiger partial charge in [-0.3, -0.25) is 9.10 Å². The maximum Gasteiger partial charge on any atom is 0.264 e. The van der Waals surface area contributed by atoms with Crippen LogP contribution in [0.25, 0.3) is 0 Å². The van der Waals surface area contributed by atoms with Gasteiger partial charge in [0.2, 0.25) is 5.91 Å². The number of rotatable bonds is 7. The Kier molecular flexibility index (Phi) is 6.70. The number of hydrogen-bond donors (Lipinski definition) is 1. The van der Waals surface area contributed by atoms with Crippen molar-refractivity contribution >= 4 is 27.3 Å². The fraction of sp³-hybridized carbons (Fsp3) is 0.269. The first-order valence-electron chi connectivity index (χ1n) is 11.0. The quantitative estimate of drug-likeness (QED) is 0.549. The van der Waals surface area contributed by atoms with E-state index in [9.17, 15) is 13.2 Å². The minimum absolute atomic E-state index is 0.0780. The normalized spacial score (nSPS) is 13.3. The zero-order valence-electron chi connectivity index (χ0n) is 18.9. The topological polar surface area (TPSA) is 75.7 Å². The summed E-state index contributed by atoms with van der Waals surface area (Å²) in [7, 11) is -2.01. The summed E-state index contributed by atoms with van der Waals surface area (Å²) in [4.78, 5) is 12.8. The first kappa shape index (κ1) is 22.9. The highest BCUT2D eigenvalue weighted by Crippen LogP contribution is 2.34. The largest absolute Gasteiger partial charge is 0.497 e. The first-order valence-corrected chi connectivity index (χ1v) is 12.5. The van der Waals surface area contributed by atoms with E-state index in [1.54, 1.807) is 31.4 Å². The predicted octanol–water partition coefficient (Wildman–Crippen LogP) is 4.72. The van der Waals surface area contributed by atoms with Gasteiger partial charge in [0, 0.05) is 18.7 Å². The number of nitrogens with zero attached hydrogens (tertiary/aromatic N) is 1. The molecule has 4 rings (SSSR count). The average molecular weight is 465 g/mol. The van der Waals surface area contributed by atoms with Crippen molar-refractivity contribution in [2.45, 2.75) is 37.5 Å². The van der Waals surface area contributed by atoms with Crippen molar-refractivity contribution in [1.82, 2.24) is 0 Å². The first-order chi connectivity index (χ1) is 15.9. The number of sulfonamides is 1. The third-order valence-electron chi connectivity index (χ3n) is 5.85. The van der Waals surface area contributed by atoms with Gasteiger partial charge in [-0.1, -0.05) is 29.8 Å². The summed E-state index contributed by atoms with van der Waals surface area (Å²) in [6.07, 6.45) is 2.48. The van der Waals surface area contributed by atoms with Crippen LogP contribution in [0.5, 0.6) is 5.75 Å². The molecule has 0 saturated carbocycles. The van der Waals surface area contributed by atoms with Crippen LogP contribution in [0.15, 0.2) is 71.6 Å². The van der Waals surface area contributed by atoms with Crippen LogP contribution in [0.1, 0.15) is 29.5 Å². The Hall–Kier alpha value is -3.32. The number of carbonyl (C=O) groups excluding carboxylic acids is 1. The molecule has 1 heterocycles. The zero-order valence-corrected chi connectivity index (χ0v) is 19.7. The van der Waals surface area contributed by atoms with Gasteiger partial charge in [0.25, 0.3) is 10.0 Å². The van der Waals surface area contributed by atoms with E-state index in [1.807, 2.05) is 49.4 Å². The Bertz CT molecular complexity index is 1240. The molecule has 1 aliphatic heterocycles. The van der Waals surface area contributed by atoms with Crippen LogP contribution in [0, 0.1) is 6.92 Å². The molecular weight excluding hydrogens is 436 g/mol. The second-order valence-corrected chi connectivity index (χ2v) is 10.1.